The minimum Gasteiger partial charge on any atom is -0.0763 e. The first kappa shape index (κ1) is 29.4. The highest BCUT2D eigenvalue weighted by molar-refractivity contribution is 6.03. The summed E-state index contributed by atoms with van der Waals surface area (Å²) in [5.74, 6) is 0. The molecule has 0 nitrogen and oxygen atoms in total. The first-order chi connectivity index (χ1) is 20.2. The topological polar surface area (TPSA) is 0 Å². The summed E-state index contributed by atoms with van der Waals surface area (Å²) >= 11 is 0. The number of allylic oxidation sites excluding steroid dienone is 4. The van der Waals surface area contributed by atoms with E-state index in [1.807, 2.05) is 0 Å². The van der Waals surface area contributed by atoms with Gasteiger partial charge in [0.1, 0.15) is 0 Å². The number of hydrogen-bond acceptors (Lipinski definition) is 0. The van der Waals surface area contributed by atoms with Crippen LogP contribution < -0.4 is 0 Å². The second kappa shape index (κ2) is 10.2. The molecule has 0 fully saturated rings. The summed E-state index contributed by atoms with van der Waals surface area (Å²) < 4.78 is 0. The molecule has 0 saturated carbocycles. The number of hydrogen-bond donors (Lipinski definition) is 0. The molecular weight excluding hydrogens is 516 g/mol. The summed E-state index contributed by atoms with van der Waals surface area (Å²) in [7, 11) is 0. The molecule has 0 bridgehead atoms. The quantitative estimate of drug-likeness (QED) is 0.204. The maximum atomic E-state index is 2.51. The van der Waals surface area contributed by atoms with Gasteiger partial charge in [0.15, 0.2) is 0 Å². The summed E-state index contributed by atoms with van der Waals surface area (Å²) in [6.07, 6.45) is 6.95. The minimum absolute atomic E-state index is 0.0153. The summed E-state index contributed by atoms with van der Waals surface area (Å²) in [4.78, 5) is 0. The van der Waals surface area contributed by atoms with Crippen molar-refractivity contribution in [3.05, 3.63) is 124 Å². The molecule has 4 aromatic carbocycles. The smallest absolute Gasteiger partial charge is 0.00101 e. The van der Waals surface area contributed by atoms with Crippen molar-refractivity contribution in [2.45, 2.75) is 92.9 Å². The van der Waals surface area contributed by atoms with Crippen LogP contribution in [-0.2, 0) is 17.3 Å². The molecule has 0 aliphatic heterocycles. The van der Waals surface area contributed by atoms with E-state index in [4.69, 9.17) is 0 Å². The number of benzene rings is 4. The van der Waals surface area contributed by atoms with E-state index in [9.17, 15) is 0 Å². The fourth-order valence-electron chi connectivity index (χ4n) is 7.49. The van der Waals surface area contributed by atoms with Crippen LogP contribution in [0.5, 0.6) is 0 Å². The average molecular weight is 565 g/mol. The zero-order valence-electron chi connectivity index (χ0n) is 28.0. The van der Waals surface area contributed by atoms with Crippen molar-refractivity contribution in [1.29, 1.82) is 0 Å². The first-order valence-electron chi connectivity index (χ1n) is 16.1. The predicted octanol–water partition coefficient (Wildman–Crippen LogP) is 12.3. The van der Waals surface area contributed by atoms with Crippen LogP contribution in [0, 0.1) is 12.3 Å². The van der Waals surface area contributed by atoms with Gasteiger partial charge in [-0.05, 0) is 114 Å². The Morgan fingerprint density at radius 1 is 0.535 bits per heavy atom. The summed E-state index contributed by atoms with van der Waals surface area (Å²) in [5, 5.41) is 0. The highest BCUT2D eigenvalue weighted by atomic mass is 14.4. The van der Waals surface area contributed by atoms with Gasteiger partial charge in [0.25, 0.3) is 0 Å². The second-order valence-corrected chi connectivity index (χ2v) is 15.8. The van der Waals surface area contributed by atoms with Crippen molar-refractivity contribution in [1.82, 2.24) is 0 Å². The fourth-order valence-corrected chi connectivity index (χ4v) is 7.49. The van der Waals surface area contributed by atoms with E-state index in [0.717, 1.165) is 12.8 Å². The third-order valence-corrected chi connectivity index (χ3v) is 9.53. The largest absolute Gasteiger partial charge is 0.0763 e. The Morgan fingerprint density at radius 3 is 1.63 bits per heavy atom. The van der Waals surface area contributed by atoms with Gasteiger partial charge in [0.05, 0.1) is 0 Å². The molecule has 0 saturated heterocycles. The molecule has 0 heteroatoms. The SMILES string of the molecule is Cc1c2c(c(-c3ccccc3)c(C(C)(C)C)c1C1=CC(C(C)(C)C)=CC1)-c1c(ccc(C(C)(C)C)c1-c1ccccc1)C2. The molecule has 0 spiro atoms. The van der Waals surface area contributed by atoms with Crippen molar-refractivity contribution in [3.8, 4) is 33.4 Å². The van der Waals surface area contributed by atoms with Gasteiger partial charge in [-0.25, -0.2) is 0 Å². The minimum atomic E-state index is -0.0527. The summed E-state index contributed by atoms with van der Waals surface area (Å²) in [6, 6.07) is 27.2. The maximum Gasteiger partial charge on any atom is -0.00101 e. The van der Waals surface area contributed by atoms with Gasteiger partial charge in [-0.1, -0.05) is 147 Å². The van der Waals surface area contributed by atoms with E-state index in [1.54, 1.807) is 0 Å². The van der Waals surface area contributed by atoms with Crippen molar-refractivity contribution < 1.29 is 0 Å². The Bertz CT molecular complexity index is 1770. The van der Waals surface area contributed by atoms with E-state index in [2.05, 4.69) is 154 Å². The van der Waals surface area contributed by atoms with Crippen molar-refractivity contribution in [2.24, 2.45) is 5.41 Å². The van der Waals surface area contributed by atoms with Gasteiger partial charge >= 0.3 is 0 Å². The van der Waals surface area contributed by atoms with Gasteiger partial charge in [-0.3, -0.25) is 0 Å². The summed E-state index contributed by atoms with van der Waals surface area (Å²) in [5.41, 5.74) is 20.2. The standard InChI is InChI=1S/C43H48/c1-27-33-26-31-22-24-34(42(5,6)7)36(28-17-13-11-14-18-28)37(31)39(33)38(29-19-15-12-16-20-29)40(43(8,9)10)35(27)30-21-23-32(25-30)41(2,3)4/h11-20,22-25H,21,26H2,1-10H3. The van der Waals surface area contributed by atoms with Crippen molar-refractivity contribution >= 4 is 5.57 Å². The number of fused-ring (bicyclic) bond motifs is 3. The Kier molecular flexibility index (Phi) is 7.00. The lowest BCUT2D eigenvalue weighted by Gasteiger charge is -2.33. The predicted molar refractivity (Wildman–Crippen MR) is 188 cm³/mol. The normalized spacial score (nSPS) is 14.8. The van der Waals surface area contributed by atoms with E-state index in [1.165, 1.54) is 77.9 Å². The lowest BCUT2D eigenvalue weighted by atomic mass is 9.71. The van der Waals surface area contributed by atoms with Crippen molar-refractivity contribution in [3.63, 3.8) is 0 Å². The van der Waals surface area contributed by atoms with Crippen molar-refractivity contribution in [2.75, 3.05) is 0 Å². The molecule has 0 amide bonds. The van der Waals surface area contributed by atoms with Gasteiger partial charge in [0, 0.05) is 0 Å². The van der Waals surface area contributed by atoms with Gasteiger partial charge < -0.3 is 0 Å². The first-order valence-corrected chi connectivity index (χ1v) is 16.1. The van der Waals surface area contributed by atoms with E-state index < -0.39 is 0 Å². The van der Waals surface area contributed by atoms with Gasteiger partial charge in [-0.2, -0.15) is 0 Å². The third kappa shape index (κ3) is 5.04. The van der Waals surface area contributed by atoms with Crippen LogP contribution in [0.2, 0.25) is 0 Å². The average Bonchev–Trinajstić information content (AvgIpc) is 3.58. The Hall–Kier alpha value is -3.64. The molecule has 4 aromatic rings. The zero-order chi connectivity index (χ0) is 30.9. The van der Waals surface area contributed by atoms with Crippen LogP contribution in [0.15, 0.2) is 90.5 Å². The van der Waals surface area contributed by atoms with E-state index in [0.29, 0.717) is 0 Å². The fraction of sp³-hybridized carbons (Fsp3) is 0.349. The van der Waals surface area contributed by atoms with Crippen LogP contribution in [0.1, 0.15) is 102 Å². The second-order valence-electron chi connectivity index (χ2n) is 15.8. The van der Waals surface area contributed by atoms with Crippen LogP contribution in [0.25, 0.3) is 39.0 Å². The van der Waals surface area contributed by atoms with Crippen LogP contribution in [0.4, 0.5) is 0 Å². The molecule has 0 heterocycles. The lowest BCUT2D eigenvalue weighted by Crippen LogP contribution is -2.19. The maximum absolute atomic E-state index is 2.51. The lowest BCUT2D eigenvalue weighted by molar-refractivity contribution is 0.518. The molecule has 2 aliphatic carbocycles. The molecular formula is C43H48. The molecule has 0 N–H and O–H groups in total. The molecule has 2 aliphatic rings. The Balaban J connectivity index is 1.79. The van der Waals surface area contributed by atoms with Crippen LogP contribution >= 0.6 is 0 Å². The Labute approximate surface area is 260 Å². The van der Waals surface area contributed by atoms with E-state index >= 15 is 0 Å². The number of rotatable bonds is 3. The summed E-state index contributed by atoms with van der Waals surface area (Å²) in [6.45, 7) is 23.7. The molecule has 0 aromatic heterocycles. The highest BCUT2D eigenvalue weighted by Crippen LogP contribution is 2.56. The molecule has 43 heavy (non-hydrogen) atoms. The molecule has 6 rings (SSSR count). The zero-order valence-corrected chi connectivity index (χ0v) is 28.0. The Morgan fingerprint density at radius 2 is 1.12 bits per heavy atom. The molecule has 220 valence electrons. The molecule has 0 atom stereocenters. The van der Waals surface area contributed by atoms with Gasteiger partial charge in [-0.15, -0.1) is 0 Å². The van der Waals surface area contributed by atoms with Crippen LogP contribution in [-0.4, -0.2) is 0 Å². The van der Waals surface area contributed by atoms with E-state index in [-0.39, 0.29) is 16.2 Å². The highest BCUT2D eigenvalue weighted by Gasteiger charge is 2.37. The third-order valence-electron chi connectivity index (χ3n) is 9.53. The van der Waals surface area contributed by atoms with Gasteiger partial charge in [0.2, 0.25) is 0 Å². The monoisotopic (exact) mass is 564 g/mol. The van der Waals surface area contributed by atoms with Crippen LogP contribution in [0.3, 0.4) is 0 Å². The molecule has 0 unspecified atom stereocenters. The molecule has 0 radical (unpaired) electrons.